The molecule has 1 aromatic carbocycles. The van der Waals surface area contributed by atoms with Gasteiger partial charge in [-0.2, -0.15) is 0 Å². The molecule has 100 valence electrons. The molecule has 0 atom stereocenters. The van der Waals surface area contributed by atoms with Gasteiger partial charge in [0, 0.05) is 6.42 Å². The second kappa shape index (κ2) is 6.69. The van der Waals surface area contributed by atoms with Crippen molar-refractivity contribution >= 4 is 15.6 Å². The third-order valence-corrected chi connectivity index (χ3v) is 4.53. The van der Waals surface area contributed by atoms with E-state index in [0.717, 1.165) is 11.1 Å². The van der Waals surface area contributed by atoms with E-state index in [2.05, 4.69) is 0 Å². The fourth-order valence-electron chi connectivity index (χ4n) is 1.78. The van der Waals surface area contributed by atoms with Crippen LogP contribution in [-0.4, -0.2) is 20.0 Å². The number of benzene rings is 1. The van der Waals surface area contributed by atoms with Gasteiger partial charge in [0.25, 0.3) is 0 Å². The lowest BCUT2D eigenvalue weighted by Gasteiger charge is -2.06. The maximum Gasteiger partial charge on any atom is 0.154 e. The molecule has 0 heterocycles. The van der Waals surface area contributed by atoms with Gasteiger partial charge in [0.1, 0.15) is 5.78 Å². The minimum absolute atomic E-state index is 0.0970. The molecular weight excluding hydrogens is 248 g/mol. The Labute approximate surface area is 109 Å². The van der Waals surface area contributed by atoms with Gasteiger partial charge in [-0.25, -0.2) is 8.42 Å². The Morgan fingerprint density at radius 2 is 1.83 bits per heavy atom. The van der Waals surface area contributed by atoms with Crippen molar-refractivity contribution in [2.24, 2.45) is 0 Å². The van der Waals surface area contributed by atoms with Crippen LogP contribution in [0.3, 0.4) is 0 Å². The molecule has 0 unspecified atom stereocenters. The largest absolute Gasteiger partial charge is 0.300 e. The van der Waals surface area contributed by atoms with Crippen molar-refractivity contribution in [1.29, 1.82) is 0 Å². The summed E-state index contributed by atoms with van der Waals surface area (Å²) in [5.74, 6) is 0.375. The zero-order chi connectivity index (χ0) is 13.6. The SMILES string of the molecule is CC(=O)CCCCS(=O)(=O)Cc1ccccc1C. The van der Waals surface area contributed by atoms with E-state index >= 15 is 0 Å². The highest BCUT2D eigenvalue weighted by Crippen LogP contribution is 2.13. The second-order valence-electron chi connectivity index (χ2n) is 4.68. The molecule has 0 spiro atoms. The van der Waals surface area contributed by atoms with Crippen LogP contribution in [0.25, 0.3) is 0 Å². The Balaban J connectivity index is 2.50. The van der Waals surface area contributed by atoms with Gasteiger partial charge in [-0.1, -0.05) is 24.3 Å². The third-order valence-electron chi connectivity index (χ3n) is 2.87. The molecule has 1 rings (SSSR count). The molecule has 3 nitrogen and oxygen atoms in total. The molecule has 0 bridgehead atoms. The fraction of sp³-hybridized carbons (Fsp3) is 0.500. The number of hydrogen-bond acceptors (Lipinski definition) is 3. The van der Waals surface area contributed by atoms with Gasteiger partial charge in [0.15, 0.2) is 9.84 Å². The van der Waals surface area contributed by atoms with E-state index in [1.165, 1.54) is 6.92 Å². The lowest BCUT2D eigenvalue weighted by atomic mass is 10.1. The summed E-state index contributed by atoms with van der Waals surface area (Å²) in [7, 11) is -3.07. The Morgan fingerprint density at radius 1 is 1.17 bits per heavy atom. The van der Waals surface area contributed by atoms with Crippen molar-refractivity contribution in [1.82, 2.24) is 0 Å². The Kier molecular flexibility index (Phi) is 5.54. The highest BCUT2D eigenvalue weighted by Gasteiger charge is 2.13. The lowest BCUT2D eigenvalue weighted by molar-refractivity contribution is -0.117. The number of sulfone groups is 1. The summed E-state index contributed by atoms with van der Waals surface area (Å²) in [6.45, 7) is 3.45. The van der Waals surface area contributed by atoms with E-state index in [9.17, 15) is 13.2 Å². The summed E-state index contributed by atoms with van der Waals surface area (Å²) >= 11 is 0. The van der Waals surface area contributed by atoms with Crippen LogP contribution in [-0.2, 0) is 20.4 Å². The van der Waals surface area contributed by atoms with Crippen LogP contribution < -0.4 is 0 Å². The first-order valence-electron chi connectivity index (χ1n) is 6.15. The molecule has 0 saturated heterocycles. The average Bonchev–Trinajstić information content (AvgIpc) is 2.27. The Bertz CT molecular complexity index is 504. The van der Waals surface area contributed by atoms with E-state index in [4.69, 9.17) is 0 Å². The molecule has 0 aromatic heterocycles. The van der Waals surface area contributed by atoms with Crippen LogP contribution in [0.15, 0.2) is 24.3 Å². The Hall–Kier alpha value is -1.16. The summed E-state index contributed by atoms with van der Waals surface area (Å²) < 4.78 is 23.8. The summed E-state index contributed by atoms with van der Waals surface area (Å²) in [6, 6.07) is 7.52. The predicted octanol–water partition coefficient (Wildman–Crippen LogP) is 2.67. The lowest BCUT2D eigenvalue weighted by Crippen LogP contribution is -2.10. The molecule has 18 heavy (non-hydrogen) atoms. The van der Waals surface area contributed by atoms with Gasteiger partial charge in [-0.15, -0.1) is 0 Å². The third kappa shape index (κ3) is 5.45. The number of ketones is 1. The molecule has 0 aliphatic heterocycles. The number of Topliss-reactive ketones (excluding diaryl/α,β-unsaturated/α-hetero) is 1. The molecule has 0 fully saturated rings. The molecule has 0 aliphatic carbocycles. The highest BCUT2D eigenvalue weighted by molar-refractivity contribution is 7.90. The summed E-state index contributed by atoms with van der Waals surface area (Å²) in [5, 5.41) is 0. The molecule has 0 aliphatic rings. The fourth-order valence-corrected chi connectivity index (χ4v) is 3.36. The number of aryl methyl sites for hydroxylation is 1. The second-order valence-corrected chi connectivity index (χ2v) is 6.86. The Morgan fingerprint density at radius 3 is 2.44 bits per heavy atom. The molecule has 0 amide bonds. The van der Waals surface area contributed by atoms with Crippen molar-refractivity contribution in [3.8, 4) is 0 Å². The van der Waals surface area contributed by atoms with Gasteiger partial charge < -0.3 is 4.79 Å². The highest BCUT2D eigenvalue weighted by atomic mass is 32.2. The van der Waals surface area contributed by atoms with Gasteiger partial charge in [0.2, 0.25) is 0 Å². The number of carbonyl (C=O) groups excluding carboxylic acids is 1. The van der Waals surface area contributed by atoms with E-state index in [1.54, 1.807) is 0 Å². The molecular formula is C14H20O3S. The van der Waals surface area contributed by atoms with E-state index in [1.807, 2.05) is 31.2 Å². The molecule has 0 N–H and O–H groups in total. The number of hydrogen-bond donors (Lipinski definition) is 0. The van der Waals surface area contributed by atoms with E-state index in [0.29, 0.717) is 19.3 Å². The first-order valence-corrected chi connectivity index (χ1v) is 7.97. The standard InChI is InChI=1S/C14H20O3S/c1-12-7-3-4-9-14(12)11-18(16,17)10-6-5-8-13(2)15/h3-4,7,9H,5-6,8,10-11H2,1-2H3. The van der Waals surface area contributed by atoms with Crippen molar-refractivity contribution in [2.75, 3.05) is 5.75 Å². The number of carbonyl (C=O) groups is 1. The van der Waals surface area contributed by atoms with Crippen LogP contribution in [0, 0.1) is 6.92 Å². The molecule has 0 radical (unpaired) electrons. The minimum Gasteiger partial charge on any atom is -0.300 e. The summed E-state index contributed by atoms with van der Waals surface area (Å²) in [5.41, 5.74) is 1.87. The van der Waals surface area contributed by atoms with Crippen LogP contribution in [0.5, 0.6) is 0 Å². The van der Waals surface area contributed by atoms with Crippen molar-refractivity contribution < 1.29 is 13.2 Å². The molecule has 0 saturated carbocycles. The van der Waals surface area contributed by atoms with Gasteiger partial charge >= 0.3 is 0 Å². The van der Waals surface area contributed by atoms with Gasteiger partial charge in [-0.3, -0.25) is 0 Å². The first kappa shape index (κ1) is 14.9. The number of rotatable bonds is 7. The van der Waals surface area contributed by atoms with Crippen molar-refractivity contribution in [3.05, 3.63) is 35.4 Å². The number of unbranched alkanes of at least 4 members (excludes halogenated alkanes) is 1. The topological polar surface area (TPSA) is 51.2 Å². The predicted molar refractivity (Wildman–Crippen MR) is 73.2 cm³/mol. The zero-order valence-corrected chi connectivity index (χ0v) is 11.8. The summed E-state index contributed by atoms with van der Waals surface area (Å²) in [6.07, 6.45) is 1.69. The van der Waals surface area contributed by atoms with E-state index in [-0.39, 0.29) is 17.3 Å². The minimum atomic E-state index is -3.07. The molecule has 4 heteroatoms. The van der Waals surface area contributed by atoms with Crippen LogP contribution in [0.1, 0.15) is 37.3 Å². The van der Waals surface area contributed by atoms with Crippen LogP contribution in [0.4, 0.5) is 0 Å². The van der Waals surface area contributed by atoms with Crippen LogP contribution >= 0.6 is 0 Å². The zero-order valence-electron chi connectivity index (χ0n) is 11.0. The smallest absolute Gasteiger partial charge is 0.154 e. The first-order chi connectivity index (χ1) is 8.41. The van der Waals surface area contributed by atoms with E-state index < -0.39 is 9.84 Å². The normalized spacial score (nSPS) is 11.4. The molecule has 1 aromatic rings. The van der Waals surface area contributed by atoms with Crippen molar-refractivity contribution in [3.63, 3.8) is 0 Å². The quantitative estimate of drug-likeness (QED) is 0.714. The van der Waals surface area contributed by atoms with Gasteiger partial charge in [0.05, 0.1) is 11.5 Å². The monoisotopic (exact) mass is 268 g/mol. The summed E-state index contributed by atoms with van der Waals surface area (Å²) in [4.78, 5) is 10.8. The maximum atomic E-state index is 11.9. The van der Waals surface area contributed by atoms with Crippen molar-refractivity contribution in [2.45, 2.75) is 38.9 Å². The average molecular weight is 268 g/mol. The van der Waals surface area contributed by atoms with Gasteiger partial charge in [-0.05, 0) is 37.8 Å². The van der Waals surface area contributed by atoms with Crippen LogP contribution in [0.2, 0.25) is 0 Å². The maximum absolute atomic E-state index is 11.9.